The number of hydrazine groups is 1. The Balaban J connectivity index is 2.52. The Morgan fingerprint density at radius 2 is 2.30 bits per heavy atom. The van der Waals surface area contributed by atoms with Crippen LogP contribution in [0, 0.1) is 3.57 Å². The maximum Gasteiger partial charge on any atom is 0.0543 e. The number of benzene rings is 1. The molecule has 0 saturated carbocycles. The van der Waals surface area contributed by atoms with Crippen LogP contribution in [0.5, 0.6) is 0 Å². The molecule has 0 fully saturated rings. The minimum absolute atomic E-state index is 0.937. The molecule has 0 spiro atoms. The molecular formula is C7H7IN2. The maximum absolute atomic E-state index is 3.09. The number of nitrogens with one attached hydrogen (secondary N) is 2. The lowest BCUT2D eigenvalue weighted by Crippen LogP contribution is -2.10. The first-order valence-corrected chi connectivity index (χ1v) is 4.21. The fourth-order valence-electron chi connectivity index (χ4n) is 1.05. The Bertz CT molecular complexity index is 260. The zero-order chi connectivity index (χ0) is 6.97. The van der Waals surface area contributed by atoms with Crippen LogP contribution in [0.4, 0.5) is 5.69 Å². The third kappa shape index (κ3) is 0.992. The lowest BCUT2D eigenvalue weighted by Gasteiger charge is -1.96. The number of hydrogen-bond donors (Lipinski definition) is 2. The van der Waals surface area contributed by atoms with E-state index >= 15 is 0 Å². The summed E-state index contributed by atoms with van der Waals surface area (Å²) >= 11 is 2.31. The van der Waals surface area contributed by atoms with Crippen molar-refractivity contribution in [3.63, 3.8) is 0 Å². The zero-order valence-electron chi connectivity index (χ0n) is 5.32. The van der Waals surface area contributed by atoms with Gasteiger partial charge in [0.25, 0.3) is 0 Å². The minimum atomic E-state index is 0.937. The molecule has 1 aromatic carbocycles. The molecule has 52 valence electrons. The molecule has 1 heterocycles. The van der Waals surface area contributed by atoms with Gasteiger partial charge >= 0.3 is 0 Å². The van der Waals surface area contributed by atoms with E-state index in [1.165, 1.54) is 14.8 Å². The molecule has 0 atom stereocenters. The van der Waals surface area contributed by atoms with Gasteiger partial charge in [-0.1, -0.05) is 6.07 Å². The van der Waals surface area contributed by atoms with Gasteiger partial charge in [-0.15, -0.1) is 0 Å². The first-order chi connectivity index (χ1) is 4.86. The quantitative estimate of drug-likeness (QED) is 0.681. The van der Waals surface area contributed by atoms with Gasteiger partial charge in [0.1, 0.15) is 0 Å². The summed E-state index contributed by atoms with van der Waals surface area (Å²) in [6.45, 7) is 0.937. The summed E-state index contributed by atoms with van der Waals surface area (Å²) in [5, 5.41) is 0. The van der Waals surface area contributed by atoms with E-state index in [2.05, 4.69) is 51.6 Å². The van der Waals surface area contributed by atoms with Crippen LogP contribution < -0.4 is 10.9 Å². The van der Waals surface area contributed by atoms with Gasteiger partial charge in [0.15, 0.2) is 0 Å². The predicted octanol–water partition coefficient (Wildman–Crippen LogP) is 1.72. The molecule has 0 radical (unpaired) electrons. The van der Waals surface area contributed by atoms with Gasteiger partial charge in [-0.2, -0.15) is 0 Å². The number of anilines is 1. The van der Waals surface area contributed by atoms with Gasteiger partial charge in [0, 0.05) is 10.1 Å². The number of hydrogen-bond acceptors (Lipinski definition) is 2. The Labute approximate surface area is 73.1 Å². The lowest BCUT2D eigenvalue weighted by molar-refractivity contribution is 0.860. The van der Waals surface area contributed by atoms with Gasteiger partial charge in [-0.05, 0) is 40.3 Å². The third-order valence-electron chi connectivity index (χ3n) is 1.57. The van der Waals surface area contributed by atoms with E-state index in [1.54, 1.807) is 0 Å². The molecule has 2 N–H and O–H groups in total. The van der Waals surface area contributed by atoms with E-state index in [-0.39, 0.29) is 0 Å². The molecule has 1 aliphatic heterocycles. The first-order valence-electron chi connectivity index (χ1n) is 3.13. The molecular weight excluding hydrogens is 239 g/mol. The summed E-state index contributed by atoms with van der Waals surface area (Å²) in [5.41, 5.74) is 8.71. The SMILES string of the molecule is Ic1ccc2c(c1)NNC2. The van der Waals surface area contributed by atoms with Crippen LogP contribution in [0.3, 0.4) is 0 Å². The largest absolute Gasteiger partial charge is 0.321 e. The summed E-state index contributed by atoms with van der Waals surface area (Å²) in [6, 6.07) is 6.40. The highest BCUT2D eigenvalue weighted by Crippen LogP contribution is 2.21. The summed E-state index contributed by atoms with van der Waals surface area (Å²) in [7, 11) is 0. The van der Waals surface area contributed by atoms with E-state index in [4.69, 9.17) is 0 Å². The Morgan fingerprint density at radius 3 is 3.20 bits per heavy atom. The molecule has 0 unspecified atom stereocenters. The monoisotopic (exact) mass is 246 g/mol. The van der Waals surface area contributed by atoms with Crippen LogP contribution in [-0.4, -0.2) is 0 Å². The van der Waals surface area contributed by atoms with Gasteiger partial charge < -0.3 is 5.43 Å². The van der Waals surface area contributed by atoms with Crippen LogP contribution >= 0.6 is 22.6 Å². The molecule has 0 saturated heterocycles. The van der Waals surface area contributed by atoms with Crippen molar-refractivity contribution >= 4 is 28.3 Å². The fourth-order valence-corrected chi connectivity index (χ4v) is 1.55. The molecule has 1 aromatic rings. The molecule has 0 bridgehead atoms. The van der Waals surface area contributed by atoms with Crippen LogP contribution in [0.25, 0.3) is 0 Å². The Hall–Kier alpha value is -0.290. The highest BCUT2D eigenvalue weighted by molar-refractivity contribution is 14.1. The van der Waals surface area contributed by atoms with E-state index in [0.29, 0.717) is 0 Å². The van der Waals surface area contributed by atoms with Crippen molar-refractivity contribution in [2.45, 2.75) is 6.54 Å². The number of rotatable bonds is 0. The van der Waals surface area contributed by atoms with Crippen LogP contribution in [-0.2, 0) is 6.54 Å². The van der Waals surface area contributed by atoms with Crippen molar-refractivity contribution in [3.05, 3.63) is 27.3 Å². The molecule has 3 heteroatoms. The average molecular weight is 246 g/mol. The smallest absolute Gasteiger partial charge is 0.0543 e. The van der Waals surface area contributed by atoms with Crippen molar-refractivity contribution in [2.75, 3.05) is 5.43 Å². The second-order valence-electron chi connectivity index (χ2n) is 2.28. The summed E-state index contributed by atoms with van der Waals surface area (Å²) in [6.07, 6.45) is 0. The predicted molar refractivity (Wildman–Crippen MR) is 49.6 cm³/mol. The normalized spacial score (nSPS) is 14.5. The van der Waals surface area contributed by atoms with Crippen molar-refractivity contribution < 1.29 is 0 Å². The van der Waals surface area contributed by atoms with Crippen LogP contribution in [0.2, 0.25) is 0 Å². The van der Waals surface area contributed by atoms with Gasteiger partial charge in [-0.25, -0.2) is 5.43 Å². The molecule has 2 nitrogen and oxygen atoms in total. The maximum atomic E-state index is 3.09. The third-order valence-corrected chi connectivity index (χ3v) is 2.24. The highest BCUT2D eigenvalue weighted by atomic mass is 127. The molecule has 0 amide bonds. The Morgan fingerprint density at radius 1 is 1.40 bits per heavy atom. The van der Waals surface area contributed by atoms with Crippen molar-refractivity contribution in [3.8, 4) is 0 Å². The molecule has 0 aromatic heterocycles. The molecule has 2 rings (SSSR count). The lowest BCUT2D eigenvalue weighted by atomic mass is 10.2. The second kappa shape index (κ2) is 2.39. The van der Waals surface area contributed by atoms with Crippen molar-refractivity contribution in [2.24, 2.45) is 0 Å². The summed E-state index contributed by atoms with van der Waals surface area (Å²) < 4.78 is 1.27. The van der Waals surface area contributed by atoms with Crippen molar-refractivity contribution in [1.82, 2.24) is 5.43 Å². The van der Waals surface area contributed by atoms with Gasteiger partial charge in [0.2, 0.25) is 0 Å². The van der Waals surface area contributed by atoms with E-state index < -0.39 is 0 Å². The minimum Gasteiger partial charge on any atom is -0.321 e. The molecule has 0 aliphatic carbocycles. The van der Waals surface area contributed by atoms with Crippen LogP contribution in [0.1, 0.15) is 5.56 Å². The highest BCUT2D eigenvalue weighted by Gasteiger charge is 2.07. The zero-order valence-corrected chi connectivity index (χ0v) is 7.47. The topological polar surface area (TPSA) is 24.1 Å². The van der Waals surface area contributed by atoms with Crippen molar-refractivity contribution in [1.29, 1.82) is 0 Å². The number of fused-ring (bicyclic) bond motifs is 1. The van der Waals surface area contributed by atoms with E-state index in [0.717, 1.165) is 6.54 Å². The average Bonchev–Trinajstić information content (AvgIpc) is 2.33. The molecule has 10 heavy (non-hydrogen) atoms. The first kappa shape index (κ1) is 6.42. The summed E-state index contributed by atoms with van der Waals surface area (Å²) in [4.78, 5) is 0. The Kier molecular flexibility index (Phi) is 1.54. The molecule has 1 aliphatic rings. The van der Waals surface area contributed by atoms with Crippen LogP contribution in [0.15, 0.2) is 18.2 Å². The second-order valence-corrected chi connectivity index (χ2v) is 3.53. The van der Waals surface area contributed by atoms with Gasteiger partial charge in [0.05, 0.1) is 5.69 Å². The van der Waals surface area contributed by atoms with E-state index in [9.17, 15) is 0 Å². The fraction of sp³-hybridized carbons (Fsp3) is 0.143. The van der Waals surface area contributed by atoms with E-state index in [1.807, 2.05) is 0 Å². The summed E-state index contributed by atoms with van der Waals surface area (Å²) in [5.74, 6) is 0. The standard InChI is InChI=1S/C7H7IN2/c8-6-2-1-5-4-9-10-7(5)3-6/h1-3,9-10H,4H2. The number of halogens is 1. The van der Waals surface area contributed by atoms with Gasteiger partial charge in [-0.3, -0.25) is 0 Å².